The number of carbonyl (C=O) groups is 1. The molecular formula is C18H23N3O5. The molecule has 2 aromatic rings. The van der Waals surface area contributed by atoms with Crippen LogP contribution < -0.4 is 19.5 Å². The maximum absolute atomic E-state index is 12.6. The normalized spacial score (nSPS) is 13.0. The maximum atomic E-state index is 12.6. The molecule has 0 radical (unpaired) electrons. The lowest BCUT2D eigenvalue weighted by molar-refractivity contribution is 0.0946. The molecule has 1 N–H and O–H groups in total. The summed E-state index contributed by atoms with van der Waals surface area (Å²) >= 11 is 0. The number of hydrogen-bond acceptors (Lipinski definition) is 6. The average molecular weight is 361 g/mol. The van der Waals surface area contributed by atoms with Crippen molar-refractivity contribution in [3.05, 3.63) is 35.2 Å². The van der Waals surface area contributed by atoms with E-state index in [-0.39, 0.29) is 5.91 Å². The minimum absolute atomic E-state index is 0.243. The van der Waals surface area contributed by atoms with Crippen LogP contribution in [0, 0.1) is 0 Å². The summed E-state index contributed by atoms with van der Waals surface area (Å²) in [6, 6.07) is 3.34. The fourth-order valence-electron chi connectivity index (χ4n) is 3.05. The van der Waals surface area contributed by atoms with Crippen LogP contribution in [0.3, 0.4) is 0 Å². The molecule has 1 aromatic carbocycles. The van der Waals surface area contributed by atoms with Gasteiger partial charge in [0.2, 0.25) is 5.75 Å². The lowest BCUT2D eigenvalue weighted by Gasteiger charge is -2.16. The van der Waals surface area contributed by atoms with E-state index in [0.717, 1.165) is 12.0 Å². The molecule has 0 spiro atoms. The highest BCUT2D eigenvalue weighted by Gasteiger charge is 2.21. The van der Waals surface area contributed by atoms with Gasteiger partial charge in [-0.05, 0) is 12.1 Å². The smallest absolute Gasteiger partial charge is 0.255 e. The van der Waals surface area contributed by atoms with E-state index in [1.165, 1.54) is 27.0 Å². The first-order chi connectivity index (χ1) is 12.7. The summed E-state index contributed by atoms with van der Waals surface area (Å²) in [5.74, 6) is 1.00. The Hall–Kier alpha value is -2.74. The zero-order valence-electron chi connectivity index (χ0n) is 15.2. The molecule has 8 nitrogen and oxygen atoms in total. The molecule has 140 valence electrons. The van der Waals surface area contributed by atoms with E-state index in [2.05, 4.69) is 10.4 Å². The molecule has 0 unspecified atom stereocenters. The summed E-state index contributed by atoms with van der Waals surface area (Å²) in [4.78, 5) is 12.6. The van der Waals surface area contributed by atoms with Gasteiger partial charge in [0.1, 0.15) is 0 Å². The van der Waals surface area contributed by atoms with E-state index in [4.69, 9.17) is 18.9 Å². The van der Waals surface area contributed by atoms with Gasteiger partial charge >= 0.3 is 0 Å². The van der Waals surface area contributed by atoms with Crippen LogP contribution in [-0.4, -0.2) is 50.2 Å². The molecule has 0 aliphatic carbocycles. The van der Waals surface area contributed by atoms with Gasteiger partial charge in [-0.1, -0.05) is 0 Å². The lowest BCUT2D eigenvalue weighted by Crippen LogP contribution is -2.28. The van der Waals surface area contributed by atoms with Crippen LogP contribution in [-0.2, 0) is 24.3 Å². The topological polar surface area (TPSA) is 83.8 Å². The first-order valence-corrected chi connectivity index (χ1v) is 8.38. The first-order valence-electron chi connectivity index (χ1n) is 8.38. The number of rotatable bonds is 7. The van der Waals surface area contributed by atoms with Gasteiger partial charge in [0.15, 0.2) is 11.5 Å². The average Bonchev–Trinajstić information content (AvgIpc) is 3.09. The predicted molar refractivity (Wildman–Crippen MR) is 94.0 cm³/mol. The Bertz CT molecular complexity index is 787. The Balaban J connectivity index is 1.68. The van der Waals surface area contributed by atoms with Crippen molar-refractivity contribution >= 4 is 5.91 Å². The highest BCUT2D eigenvalue weighted by molar-refractivity contribution is 5.98. The van der Waals surface area contributed by atoms with Crippen LogP contribution in [0.25, 0.3) is 0 Å². The van der Waals surface area contributed by atoms with Gasteiger partial charge in [0, 0.05) is 24.2 Å². The van der Waals surface area contributed by atoms with Crippen molar-refractivity contribution in [3.8, 4) is 17.2 Å². The molecule has 0 bridgehead atoms. The molecule has 0 saturated heterocycles. The summed E-state index contributed by atoms with van der Waals surface area (Å²) in [5, 5.41) is 7.28. The number of nitrogens with one attached hydrogen (secondary N) is 1. The first kappa shape index (κ1) is 18.1. The third-order valence-corrected chi connectivity index (χ3v) is 4.33. The molecule has 0 saturated carbocycles. The monoisotopic (exact) mass is 361 g/mol. The van der Waals surface area contributed by atoms with Crippen LogP contribution in [0.15, 0.2) is 18.3 Å². The van der Waals surface area contributed by atoms with Crippen LogP contribution in [0.1, 0.15) is 21.6 Å². The Morgan fingerprint density at radius 2 is 2.04 bits per heavy atom. The molecular weight excluding hydrogens is 338 g/mol. The van der Waals surface area contributed by atoms with Gasteiger partial charge in [0.05, 0.1) is 52.8 Å². The third kappa shape index (κ3) is 3.45. The predicted octanol–water partition coefficient (Wildman–Crippen LogP) is 1.41. The van der Waals surface area contributed by atoms with Crippen LogP contribution in [0.4, 0.5) is 0 Å². The van der Waals surface area contributed by atoms with Gasteiger partial charge in [-0.2, -0.15) is 5.10 Å². The Morgan fingerprint density at radius 3 is 2.77 bits per heavy atom. The van der Waals surface area contributed by atoms with E-state index in [1.807, 2.05) is 10.9 Å². The zero-order valence-corrected chi connectivity index (χ0v) is 15.2. The minimum Gasteiger partial charge on any atom is -0.493 e. The second-order valence-electron chi connectivity index (χ2n) is 5.78. The summed E-state index contributed by atoms with van der Waals surface area (Å²) in [6.45, 7) is 2.35. The lowest BCUT2D eigenvalue weighted by atomic mass is 10.1. The fourth-order valence-corrected chi connectivity index (χ4v) is 3.05. The number of aromatic nitrogens is 2. The van der Waals surface area contributed by atoms with Crippen molar-refractivity contribution in [2.45, 2.75) is 19.6 Å². The molecule has 0 atom stereocenters. The number of hydrogen-bond donors (Lipinski definition) is 1. The van der Waals surface area contributed by atoms with Crippen molar-refractivity contribution in [1.29, 1.82) is 0 Å². The van der Waals surface area contributed by atoms with Gasteiger partial charge in [-0.25, -0.2) is 0 Å². The number of carbonyl (C=O) groups excluding carboxylic acids is 1. The number of ether oxygens (including phenoxy) is 4. The third-order valence-electron chi connectivity index (χ3n) is 4.33. The van der Waals surface area contributed by atoms with Crippen LogP contribution in [0.2, 0.25) is 0 Å². The Kier molecular flexibility index (Phi) is 5.62. The number of fused-ring (bicyclic) bond motifs is 1. The van der Waals surface area contributed by atoms with Gasteiger partial charge in [-0.15, -0.1) is 0 Å². The molecule has 0 fully saturated rings. The largest absolute Gasteiger partial charge is 0.493 e. The van der Waals surface area contributed by atoms with E-state index >= 15 is 0 Å². The zero-order chi connectivity index (χ0) is 18.5. The van der Waals surface area contributed by atoms with E-state index in [0.29, 0.717) is 49.1 Å². The Morgan fingerprint density at radius 1 is 1.23 bits per heavy atom. The summed E-state index contributed by atoms with van der Waals surface area (Å²) in [5.41, 5.74) is 2.68. The number of benzene rings is 1. The van der Waals surface area contributed by atoms with Gasteiger partial charge in [0.25, 0.3) is 5.91 Å². The molecule has 2 heterocycles. The van der Waals surface area contributed by atoms with Crippen molar-refractivity contribution in [2.24, 2.45) is 0 Å². The van der Waals surface area contributed by atoms with Crippen molar-refractivity contribution in [2.75, 3.05) is 34.5 Å². The summed E-state index contributed by atoms with van der Waals surface area (Å²) in [6.07, 6.45) is 2.67. The molecule has 3 rings (SSSR count). The number of methoxy groups -OCH3 is 3. The van der Waals surface area contributed by atoms with E-state index < -0.39 is 0 Å². The maximum Gasteiger partial charge on any atom is 0.255 e. The van der Waals surface area contributed by atoms with Crippen molar-refractivity contribution in [1.82, 2.24) is 15.1 Å². The minimum atomic E-state index is -0.243. The molecule has 1 aromatic heterocycles. The van der Waals surface area contributed by atoms with E-state index in [9.17, 15) is 4.79 Å². The molecule has 1 aliphatic rings. The molecule has 8 heteroatoms. The van der Waals surface area contributed by atoms with E-state index in [1.54, 1.807) is 12.1 Å². The quantitative estimate of drug-likeness (QED) is 0.803. The highest BCUT2D eigenvalue weighted by atomic mass is 16.5. The second-order valence-corrected chi connectivity index (χ2v) is 5.78. The van der Waals surface area contributed by atoms with Crippen molar-refractivity contribution in [3.63, 3.8) is 0 Å². The fraction of sp³-hybridized carbons (Fsp3) is 0.444. The van der Waals surface area contributed by atoms with Gasteiger partial charge in [-0.3, -0.25) is 9.48 Å². The number of nitrogens with zero attached hydrogens (tertiary/aromatic N) is 2. The van der Waals surface area contributed by atoms with Crippen LogP contribution in [0.5, 0.6) is 17.2 Å². The highest BCUT2D eigenvalue weighted by Crippen LogP contribution is 2.39. The second kappa shape index (κ2) is 8.09. The van der Waals surface area contributed by atoms with Crippen LogP contribution >= 0.6 is 0 Å². The molecule has 1 aliphatic heterocycles. The SMILES string of the molecule is COc1ccc(C(=O)NCCn2ncc3c2CCOC3)c(OC)c1OC. The van der Waals surface area contributed by atoms with Crippen molar-refractivity contribution < 1.29 is 23.7 Å². The Labute approximate surface area is 152 Å². The number of amides is 1. The molecule has 26 heavy (non-hydrogen) atoms. The standard InChI is InChI=1S/C18H23N3O5/c1-23-15-5-4-13(16(24-2)17(15)25-3)18(22)19-7-8-21-14-6-9-26-11-12(14)10-20-21/h4-5,10H,6-9,11H2,1-3H3,(H,19,22). The van der Waals surface area contributed by atoms with Gasteiger partial charge < -0.3 is 24.3 Å². The summed E-state index contributed by atoms with van der Waals surface area (Å²) < 4.78 is 23.3. The molecule has 1 amide bonds. The summed E-state index contributed by atoms with van der Waals surface area (Å²) in [7, 11) is 4.53.